The van der Waals surface area contributed by atoms with Gasteiger partial charge in [-0.15, -0.1) is 0 Å². The van der Waals surface area contributed by atoms with Crippen molar-refractivity contribution < 1.29 is 14.4 Å². The van der Waals surface area contributed by atoms with Crippen LogP contribution in [0.4, 0.5) is 0 Å². The summed E-state index contributed by atoms with van der Waals surface area (Å²) in [6, 6.07) is -0.687. The van der Waals surface area contributed by atoms with Gasteiger partial charge in [-0.1, -0.05) is 0 Å². The summed E-state index contributed by atoms with van der Waals surface area (Å²) in [7, 11) is 0. The lowest BCUT2D eigenvalue weighted by molar-refractivity contribution is -0.126. The second kappa shape index (κ2) is 8.29. The van der Waals surface area contributed by atoms with Crippen LogP contribution in [-0.2, 0) is 14.4 Å². The Kier molecular flexibility index (Phi) is 7.84. The maximum absolute atomic E-state index is 11.4. The predicted molar refractivity (Wildman–Crippen MR) is 64.0 cm³/mol. The smallest absolute Gasteiger partial charge is 0.241 e. The number of nitrogens with two attached hydrogens (primary N) is 1. The van der Waals surface area contributed by atoms with E-state index in [1.54, 1.807) is 6.29 Å². The van der Waals surface area contributed by atoms with Crippen molar-refractivity contribution in [1.82, 2.24) is 5.32 Å². The first-order valence-corrected chi connectivity index (χ1v) is 5.61. The molecule has 1 unspecified atom stereocenters. The molecule has 0 saturated heterocycles. The Morgan fingerprint density at radius 2 is 2.06 bits per heavy atom. The van der Waals surface area contributed by atoms with Crippen LogP contribution in [0.5, 0.6) is 0 Å². The third-order valence-electron chi connectivity index (χ3n) is 2.04. The second-order valence-corrected chi connectivity index (χ2v) is 3.99. The van der Waals surface area contributed by atoms with Crippen LogP contribution < -0.4 is 11.1 Å². The molecule has 6 heteroatoms. The number of amides is 1. The topological polar surface area (TPSA) is 89.3 Å². The molecule has 5 nitrogen and oxygen atoms in total. The highest BCUT2D eigenvalue weighted by atomic mass is 32.1. The van der Waals surface area contributed by atoms with Crippen LogP contribution in [0.15, 0.2) is 0 Å². The lowest BCUT2D eigenvalue weighted by atomic mass is 10.1. The van der Waals surface area contributed by atoms with Crippen molar-refractivity contribution in [2.45, 2.75) is 37.5 Å². The Labute approximate surface area is 101 Å². The number of hydrogen-bond donors (Lipinski definition) is 3. The van der Waals surface area contributed by atoms with E-state index < -0.39 is 17.2 Å². The third-order valence-corrected chi connectivity index (χ3v) is 2.64. The average Bonchev–Trinajstić information content (AvgIpc) is 2.26. The van der Waals surface area contributed by atoms with Gasteiger partial charge < -0.3 is 11.1 Å². The number of carbonyl (C=O) groups is 2. The Morgan fingerprint density at radius 1 is 1.44 bits per heavy atom. The molecule has 0 aromatic heterocycles. The SMILES string of the molecule is CC(=O)[C@H](S)C(=O)NC([C]=O)CCCCN. The largest absolute Gasteiger partial charge is 0.344 e. The highest BCUT2D eigenvalue weighted by Crippen LogP contribution is 2.01. The van der Waals surface area contributed by atoms with Crippen molar-refractivity contribution in [2.24, 2.45) is 5.73 Å². The number of Topliss-reactive ketones (excluding diaryl/α,β-unsaturated/α-hetero) is 1. The molecule has 0 aliphatic heterocycles. The number of unbranched alkanes of at least 4 members (excludes halogenated alkanes) is 1. The van der Waals surface area contributed by atoms with Crippen LogP contribution >= 0.6 is 12.6 Å². The van der Waals surface area contributed by atoms with Crippen molar-refractivity contribution in [3.8, 4) is 0 Å². The van der Waals surface area contributed by atoms with E-state index in [1.165, 1.54) is 6.92 Å². The predicted octanol–water partition coefficient (Wildman–Crippen LogP) is -0.403. The van der Waals surface area contributed by atoms with E-state index in [9.17, 15) is 14.4 Å². The van der Waals surface area contributed by atoms with Gasteiger partial charge in [-0.05, 0) is 32.7 Å². The molecule has 0 aliphatic carbocycles. The Morgan fingerprint density at radius 3 is 2.50 bits per heavy atom. The number of ketones is 1. The highest BCUT2D eigenvalue weighted by molar-refractivity contribution is 7.82. The number of nitrogens with one attached hydrogen (secondary N) is 1. The van der Waals surface area contributed by atoms with E-state index in [2.05, 4.69) is 17.9 Å². The van der Waals surface area contributed by atoms with Crippen LogP contribution in [0.1, 0.15) is 26.2 Å². The van der Waals surface area contributed by atoms with Crippen molar-refractivity contribution >= 4 is 30.6 Å². The van der Waals surface area contributed by atoms with Crippen molar-refractivity contribution in [3.63, 3.8) is 0 Å². The van der Waals surface area contributed by atoms with Crippen LogP contribution in [0.25, 0.3) is 0 Å². The van der Waals surface area contributed by atoms with E-state index in [-0.39, 0.29) is 5.78 Å². The summed E-state index contributed by atoms with van der Waals surface area (Å²) >= 11 is 3.83. The van der Waals surface area contributed by atoms with Crippen molar-refractivity contribution in [3.05, 3.63) is 0 Å². The first-order chi connectivity index (χ1) is 7.52. The Hall–Kier alpha value is -0.880. The van der Waals surface area contributed by atoms with Gasteiger partial charge in [0.2, 0.25) is 12.2 Å². The maximum Gasteiger partial charge on any atom is 0.241 e. The number of rotatable bonds is 8. The molecule has 0 aromatic rings. The fraction of sp³-hybridized carbons (Fsp3) is 0.700. The standard InChI is InChI=1S/C10H17N2O3S/c1-7(14)9(16)10(15)12-8(6-13)4-2-3-5-11/h8-9,16H,2-5,11H2,1H3,(H,12,15)/t8?,9-/m0/s1. The number of thiol groups is 1. The fourth-order valence-corrected chi connectivity index (χ4v) is 1.16. The minimum absolute atomic E-state index is 0.354. The summed E-state index contributed by atoms with van der Waals surface area (Å²) < 4.78 is 0. The van der Waals surface area contributed by atoms with E-state index in [1.807, 2.05) is 0 Å². The van der Waals surface area contributed by atoms with Gasteiger partial charge in [0.25, 0.3) is 0 Å². The first-order valence-electron chi connectivity index (χ1n) is 5.09. The molecule has 2 atom stereocenters. The van der Waals surface area contributed by atoms with E-state index in [4.69, 9.17) is 5.73 Å². The Balaban J connectivity index is 4.06. The second-order valence-electron chi connectivity index (χ2n) is 3.48. The third kappa shape index (κ3) is 5.87. The van der Waals surface area contributed by atoms with Crippen molar-refractivity contribution in [1.29, 1.82) is 0 Å². The summed E-state index contributed by atoms with van der Waals surface area (Å²) in [6.07, 6.45) is 3.71. The molecule has 0 spiro atoms. The van der Waals surface area contributed by atoms with Gasteiger partial charge in [-0.25, -0.2) is 0 Å². The summed E-state index contributed by atoms with van der Waals surface area (Å²) in [5, 5.41) is 1.38. The minimum atomic E-state index is -1.02. The first kappa shape index (κ1) is 15.1. The number of hydrogen-bond acceptors (Lipinski definition) is 5. The van der Waals surface area contributed by atoms with Crippen LogP contribution in [-0.4, -0.2) is 35.8 Å². The molecular formula is C10H17N2O3S. The van der Waals surface area contributed by atoms with Gasteiger partial charge in [0.05, 0.1) is 6.04 Å². The molecular weight excluding hydrogens is 228 g/mol. The molecule has 0 fully saturated rings. The van der Waals surface area contributed by atoms with Gasteiger partial charge in [-0.3, -0.25) is 14.4 Å². The molecule has 16 heavy (non-hydrogen) atoms. The molecule has 3 N–H and O–H groups in total. The zero-order valence-corrected chi connectivity index (χ0v) is 10.1. The molecule has 0 aliphatic rings. The van der Waals surface area contributed by atoms with Crippen LogP contribution in [0.2, 0.25) is 0 Å². The summed E-state index contributed by atoms with van der Waals surface area (Å²) in [6.45, 7) is 1.81. The normalized spacial score (nSPS) is 13.9. The molecule has 0 saturated carbocycles. The van der Waals surface area contributed by atoms with Crippen molar-refractivity contribution in [2.75, 3.05) is 6.54 Å². The fourth-order valence-electron chi connectivity index (χ4n) is 1.09. The molecule has 1 amide bonds. The van der Waals surface area contributed by atoms with Crippen LogP contribution in [0.3, 0.4) is 0 Å². The molecule has 1 radical (unpaired) electrons. The molecule has 0 rings (SSSR count). The van der Waals surface area contributed by atoms with E-state index in [0.717, 1.165) is 12.8 Å². The zero-order chi connectivity index (χ0) is 12.6. The lowest BCUT2D eigenvalue weighted by Gasteiger charge is -2.13. The molecule has 91 valence electrons. The van der Waals surface area contributed by atoms with E-state index >= 15 is 0 Å². The Bertz CT molecular complexity index is 258. The average molecular weight is 245 g/mol. The molecule has 0 heterocycles. The summed E-state index contributed by atoms with van der Waals surface area (Å²) in [5.41, 5.74) is 5.30. The quantitative estimate of drug-likeness (QED) is 0.308. The summed E-state index contributed by atoms with van der Waals surface area (Å²) in [5.74, 6) is -0.913. The molecule has 0 bridgehead atoms. The summed E-state index contributed by atoms with van der Waals surface area (Å²) in [4.78, 5) is 32.8. The van der Waals surface area contributed by atoms with E-state index in [0.29, 0.717) is 13.0 Å². The zero-order valence-electron chi connectivity index (χ0n) is 9.23. The maximum atomic E-state index is 11.4. The lowest BCUT2D eigenvalue weighted by Crippen LogP contribution is -2.42. The highest BCUT2D eigenvalue weighted by Gasteiger charge is 2.21. The van der Waals surface area contributed by atoms with Gasteiger partial charge >= 0.3 is 0 Å². The van der Waals surface area contributed by atoms with Gasteiger partial charge in [-0.2, -0.15) is 12.6 Å². The molecule has 0 aromatic carbocycles. The van der Waals surface area contributed by atoms with Gasteiger partial charge in [0.15, 0.2) is 5.78 Å². The van der Waals surface area contributed by atoms with Gasteiger partial charge in [0.1, 0.15) is 5.25 Å². The monoisotopic (exact) mass is 245 g/mol. The minimum Gasteiger partial charge on any atom is -0.344 e. The number of carbonyl (C=O) groups excluding carboxylic acids is 3. The van der Waals surface area contributed by atoms with Crippen LogP contribution in [0, 0.1) is 0 Å². The van der Waals surface area contributed by atoms with Gasteiger partial charge in [0, 0.05) is 0 Å².